The third-order valence-electron chi connectivity index (χ3n) is 4.22. The molecule has 0 aliphatic carbocycles. The first-order valence-electron chi connectivity index (χ1n) is 10.0. The first kappa shape index (κ1) is 23.6. The summed E-state index contributed by atoms with van der Waals surface area (Å²) in [5.41, 5.74) is 1.51. The third-order valence-corrected chi connectivity index (χ3v) is 5.48. The summed E-state index contributed by atoms with van der Waals surface area (Å²) in [6, 6.07) is 14.8. The Balaban J connectivity index is 1.85. The smallest absolute Gasteiger partial charge is 0.325 e. The largest absolute Gasteiger partial charge is 0.494 e. The van der Waals surface area contributed by atoms with E-state index in [9.17, 15) is 9.59 Å². The number of esters is 1. The summed E-state index contributed by atoms with van der Waals surface area (Å²) in [5, 5.41) is 12.2. The predicted molar refractivity (Wildman–Crippen MR) is 123 cm³/mol. The number of amides is 1. The summed E-state index contributed by atoms with van der Waals surface area (Å²) in [7, 11) is 0. The van der Waals surface area contributed by atoms with Crippen molar-refractivity contribution in [3.8, 4) is 22.8 Å². The zero-order valence-corrected chi connectivity index (χ0v) is 19.3. The lowest BCUT2D eigenvalue weighted by atomic mass is 10.2. The van der Waals surface area contributed by atoms with Gasteiger partial charge in [0.15, 0.2) is 11.0 Å². The van der Waals surface area contributed by atoms with Gasteiger partial charge in [-0.15, -0.1) is 10.2 Å². The molecule has 0 atom stereocenters. The number of benzene rings is 2. The Labute approximate surface area is 195 Å². The van der Waals surface area contributed by atoms with Gasteiger partial charge in [0.1, 0.15) is 12.3 Å². The van der Waals surface area contributed by atoms with Crippen molar-refractivity contribution in [1.82, 2.24) is 20.1 Å². The summed E-state index contributed by atoms with van der Waals surface area (Å²) in [6.45, 7) is 4.28. The summed E-state index contributed by atoms with van der Waals surface area (Å²) >= 11 is 7.60. The molecule has 32 heavy (non-hydrogen) atoms. The van der Waals surface area contributed by atoms with Crippen LogP contribution in [-0.4, -0.2) is 52.2 Å². The average Bonchev–Trinajstić information content (AvgIpc) is 3.21. The van der Waals surface area contributed by atoms with Crippen LogP contribution in [0.25, 0.3) is 17.1 Å². The maximum Gasteiger partial charge on any atom is 0.325 e. The molecule has 1 heterocycles. The van der Waals surface area contributed by atoms with Gasteiger partial charge in [-0.1, -0.05) is 35.5 Å². The lowest BCUT2D eigenvalue weighted by Crippen LogP contribution is -2.31. The van der Waals surface area contributed by atoms with Gasteiger partial charge in [0.05, 0.1) is 24.0 Å². The normalized spacial score (nSPS) is 10.6. The quantitative estimate of drug-likeness (QED) is 0.353. The van der Waals surface area contributed by atoms with Crippen LogP contribution >= 0.6 is 23.4 Å². The van der Waals surface area contributed by atoms with E-state index >= 15 is 0 Å². The Morgan fingerprint density at radius 2 is 1.81 bits per heavy atom. The molecule has 0 saturated heterocycles. The molecule has 1 N–H and O–H groups in total. The van der Waals surface area contributed by atoms with Crippen LogP contribution in [0, 0.1) is 0 Å². The van der Waals surface area contributed by atoms with Crippen molar-refractivity contribution < 1.29 is 19.1 Å². The summed E-state index contributed by atoms with van der Waals surface area (Å²) in [6.07, 6.45) is 0. The van der Waals surface area contributed by atoms with Crippen molar-refractivity contribution >= 4 is 35.2 Å². The molecule has 3 rings (SSSR count). The van der Waals surface area contributed by atoms with Crippen molar-refractivity contribution in [1.29, 1.82) is 0 Å². The number of aromatic nitrogens is 3. The number of hydrogen-bond donors (Lipinski definition) is 1. The first-order valence-corrected chi connectivity index (χ1v) is 11.4. The Hall–Kier alpha value is -3.04. The van der Waals surface area contributed by atoms with Crippen molar-refractivity contribution in [2.75, 3.05) is 25.5 Å². The second kappa shape index (κ2) is 11.5. The number of nitrogens with zero attached hydrogens (tertiary/aromatic N) is 3. The molecule has 0 aliphatic rings. The van der Waals surface area contributed by atoms with Gasteiger partial charge in [-0.25, -0.2) is 0 Å². The Bertz CT molecular complexity index is 1070. The van der Waals surface area contributed by atoms with E-state index in [0.717, 1.165) is 11.4 Å². The summed E-state index contributed by atoms with van der Waals surface area (Å²) in [4.78, 5) is 23.6. The van der Waals surface area contributed by atoms with E-state index in [1.165, 1.54) is 11.8 Å². The minimum Gasteiger partial charge on any atom is -0.494 e. The molecule has 0 fully saturated rings. The molecule has 0 saturated carbocycles. The predicted octanol–water partition coefficient (Wildman–Crippen LogP) is 3.76. The fourth-order valence-electron chi connectivity index (χ4n) is 2.84. The highest BCUT2D eigenvalue weighted by molar-refractivity contribution is 7.99. The van der Waals surface area contributed by atoms with Gasteiger partial charge >= 0.3 is 5.97 Å². The SMILES string of the molecule is CCOC(=O)CNC(=O)CSc1nnc(-c2ccccc2Cl)n1-c1ccc(OCC)cc1. The zero-order chi connectivity index (χ0) is 22.9. The lowest BCUT2D eigenvalue weighted by Gasteiger charge is -2.12. The third kappa shape index (κ3) is 6.02. The molecule has 8 nitrogen and oxygen atoms in total. The second-order valence-corrected chi connectivity index (χ2v) is 7.77. The number of ether oxygens (including phenoxy) is 2. The highest BCUT2D eigenvalue weighted by Gasteiger charge is 2.19. The Kier molecular flexibility index (Phi) is 8.52. The first-order chi connectivity index (χ1) is 15.5. The van der Waals surface area contributed by atoms with E-state index in [0.29, 0.717) is 28.2 Å². The van der Waals surface area contributed by atoms with Crippen LogP contribution in [-0.2, 0) is 14.3 Å². The van der Waals surface area contributed by atoms with Crippen LogP contribution in [0.4, 0.5) is 0 Å². The number of rotatable bonds is 10. The summed E-state index contributed by atoms with van der Waals surface area (Å²) in [5.74, 6) is 0.551. The van der Waals surface area contributed by atoms with Gasteiger partial charge in [0.2, 0.25) is 5.91 Å². The molecule has 1 amide bonds. The highest BCUT2D eigenvalue weighted by atomic mass is 35.5. The van der Waals surface area contributed by atoms with Crippen LogP contribution < -0.4 is 10.1 Å². The number of nitrogens with one attached hydrogen (secondary N) is 1. The number of carbonyl (C=O) groups is 2. The number of hydrogen-bond acceptors (Lipinski definition) is 7. The molecular formula is C22H23ClN4O4S. The van der Waals surface area contributed by atoms with Crippen LogP contribution in [0.3, 0.4) is 0 Å². The number of thioether (sulfide) groups is 1. The van der Waals surface area contributed by atoms with Crippen LogP contribution in [0.15, 0.2) is 53.7 Å². The zero-order valence-electron chi connectivity index (χ0n) is 17.7. The molecule has 1 aromatic heterocycles. The fourth-order valence-corrected chi connectivity index (χ4v) is 3.84. The minimum atomic E-state index is -0.482. The van der Waals surface area contributed by atoms with E-state index < -0.39 is 5.97 Å². The van der Waals surface area contributed by atoms with Crippen molar-refractivity contribution in [3.63, 3.8) is 0 Å². The topological polar surface area (TPSA) is 95.3 Å². The highest BCUT2D eigenvalue weighted by Crippen LogP contribution is 2.32. The molecule has 0 bridgehead atoms. The van der Waals surface area contributed by atoms with Crippen LogP contribution in [0.2, 0.25) is 5.02 Å². The van der Waals surface area contributed by atoms with Crippen molar-refractivity contribution in [2.24, 2.45) is 0 Å². The fraction of sp³-hybridized carbons (Fsp3) is 0.273. The molecule has 0 unspecified atom stereocenters. The van der Waals surface area contributed by atoms with Gasteiger partial charge in [0, 0.05) is 11.3 Å². The van der Waals surface area contributed by atoms with Crippen molar-refractivity contribution in [3.05, 3.63) is 53.6 Å². The van der Waals surface area contributed by atoms with E-state index in [1.54, 1.807) is 13.0 Å². The summed E-state index contributed by atoms with van der Waals surface area (Å²) < 4.78 is 12.2. The monoisotopic (exact) mass is 474 g/mol. The number of halogens is 1. The van der Waals surface area contributed by atoms with Crippen LogP contribution in [0.5, 0.6) is 5.75 Å². The molecular weight excluding hydrogens is 452 g/mol. The average molecular weight is 475 g/mol. The van der Waals surface area contributed by atoms with Crippen LogP contribution in [0.1, 0.15) is 13.8 Å². The van der Waals surface area contributed by atoms with E-state index in [-0.39, 0.29) is 24.8 Å². The molecule has 3 aromatic rings. The van der Waals surface area contributed by atoms with Gasteiger partial charge in [-0.05, 0) is 50.2 Å². The molecule has 0 aliphatic heterocycles. The molecule has 2 aromatic carbocycles. The maximum absolute atomic E-state index is 12.2. The standard InChI is InChI=1S/C22H23ClN4O4S/c1-3-30-16-11-9-15(10-12-16)27-21(17-7-5-6-8-18(17)23)25-26-22(27)32-14-19(28)24-13-20(29)31-4-2/h5-12H,3-4,13-14H2,1-2H3,(H,24,28). The van der Waals surface area contributed by atoms with Gasteiger partial charge < -0.3 is 14.8 Å². The van der Waals surface area contributed by atoms with E-state index in [4.69, 9.17) is 21.1 Å². The van der Waals surface area contributed by atoms with Crippen molar-refractivity contribution in [2.45, 2.75) is 19.0 Å². The molecule has 168 valence electrons. The van der Waals surface area contributed by atoms with Gasteiger partial charge in [-0.2, -0.15) is 0 Å². The van der Waals surface area contributed by atoms with E-state index in [2.05, 4.69) is 15.5 Å². The number of carbonyl (C=O) groups excluding carboxylic acids is 2. The second-order valence-electron chi connectivity index (χ2n) is 6.42. The Morgan fingerprint density at radius 1 is 1.06 bits per heavy atom. The molecule has 10 heteroatoms. The molecule has 0 radical (unpaired) electrons. The Morgan fingerprint density at radius 3 is 2.50 bits per heavy atom. The van der Waals surface area contributed by atoms with Gasteiger partial charge in [0.25, 0.3) is 0 Å². The lowest BCUT2D eigenvalue weighted by molar-refractivity contribution is -0.143. The minimum absolute atomic E-state index is 0.0527. The maximum atomic E-state index is 12.2. The molecule has 0 spiro atoms. The van der Waals surface area contributed by atoms with E-state index in [1.807, 2.05) is 54.0 Å². The van der Waals surface area contributed by atoms with Gasteiger partial charge in [-0.3, -0.25) is 14.2 Å².